The molecule has 1 fully saturated rings. The van der Waals surface area contributed by atoms with Crippen molar-refractivity contribution in [3.8, 4) is 0 Å². The SMILES string of the molecule is CC(C)(C)NCc1ccc(Cl)cc1N1CCSCC1. The van der Waals surface area contributed by atoms with Gasteiger partial charge in [-0.25, -0.2) is 0 Å². The van der Waals surface area contributed by atoms with Gasteiger partial charge in [-0.3, -0.25) is 0 Å². The van der Waals surface area contributed by atoms with Gasteiger partial charge in [0.1, 0.15) is 0 Å². The molecular formula is C15H23ClN2S. The Labute approximate surface area is 125 Å². The molecule has 0 unspecified atom stereocenters. The van der Waals surface area contributed by atoms with E-state index >= 15 is 0 Å². The quantitative estimate of drug-likeness (QED) is 0.914. The molecule has 0 atom stereocenters. The molecule has 1 aromatic carbocycles. The molecule has 0 radical (unpaired) electrons. The molecule has 1 aromatic rings. The molecule has 2 rings (SSSR count). The highest BCUT2D eigenvalue weighted by Gasteiger charge is 2.16. The summed E-state index contributed by atoms with van der Waals surface area (Å²) < 4.78 is 0. The fourth-order valence-electron chi connectivity index (χ4n) is 2.15. The fourth-order valence-corrected chi connectivity index (χ4v) is 3.21. The van der Waals surface area contributed by atoms with Crippen LogP contribution in [0, 0.1) is 0 Å². The van der Waals surface area contributed by atoms with Gasteiger partial charge in [0, 0.05) is 47.4 Å². The van der Waals surface area contributed by atoms with Crippen molar-refractivity contribution in [1.29, 1.82) is 0 Å². The molecule has 0 amide bonds. The summed E-state index contributed by atoms with van der Waals surface area (Å²) in [4.78, 5) is 2.46. The van der Waals surface area contributed by atoms with Gasteiger partial charge in [-0.05, 0) is 38.5 Å². The summed E-state index contributed by atoms with van der Waals surface area (Å²) in [7, 11) is 0. The summed E-state index contributed by atoms with van der Waals surface area (Å²) >= 11 is 8.20. The highest BCUT2D eigenvalue weighted by atomic mass is 35.5. The van der Waals surface area contributed by atoms with Crippen LogP contribution in [-0.4, -0.2) is 30.1 Å². The topological polar surface area (TPSA) is 15.3 Å². The van der Waals surface area contributed by atoms with E-state index in [-0.39, 0.29) is 5.54 Å². The van der Waals surface area contributed by atoms with Crippen molar-refractivity contribution in [3.05, 3.63) is 28.8 Å². The summed E-state index contributed by atoms with van der Waals surface area (Å²) in [6.07, 6.45) is 0. The van der Waals surface area contributed by atoms with Gasteiger partial charge in [0.2, 0.25) is 0 Å². The van der Waals surface area contributed by atoms with Gasteiger partial charge < -0.3 is 10.2 Å². The molecule has 0 spiro atoms. The van der Waals surface area contributed by atoms with E-state index in [1.807, 2.05) is 17.8 Å². The summed E-state index contributed by atoms with van der Waals surface area (Å²) in [6.45, 7) is 9.71. The molecule has 0 aliphatic carbocycles. The Kier molecular flexibility index (Phi) is 5.04. The second-order valence-corrected chi connectivity index (χ2v) is 7.64. The molecule has 1 saturated heterocycles. The molecule has 1 aliphatic heterocycles. The van der Waals surface area contributed by atoms with Gasteiger partial charge in [-0.2, -0.15) is 11.8 Å². The summed E-state index contributed by atoms with van der Waals surface area (Å²) in [5.74, 6) is 2.41. The van der Waals surface area contributed by atoms with E-state index in [1.54, 1.807) is 0 Å². The number of benzene rings is 1. The van der Waals surface area contributed by atoms with Crippen LogP contribution in [0.3, 0.4) is 0 Å². The average Bonchev–Trinajstić information content (AvgIpc) is 2.37. The van der Waals surface area contributed by atoms with E-state index in [4.69, 9.17) is 11.6 Å². The third-order valence-electron chi connectivity index (χ3n) is 3.21. The Morgan fingerprint density at radius 1 is 1.26 bits per heavy atom. The smallest absolute Gasteiger partial charge is 0.0427 e. The van der Waals surface area contributed by atoms with E-state index in [0.29, 0.717) is 0 Å². The van der Waals surface area contributed by atoms with Crippen LogP contribution in [0.4, 0.5) is 5.69 Å². The minimum Gasteiger partial charge on any atom is -0.370 e. The maximum Gasteiger partial charge on any atom is 0.0427 e. The summed E-state index contributed by atoms with van der Waals surface area (Å²) in [6, 6.07) is 6.25. The van der Waals surface area contributed by atoms with Crippen molar-refractivity contribution in [2.75, 3.05) is 29.5 Å². The summed E-state index contributed by atoms with van der Waals surface area (Å²) in [5, 5.41) is 4.39. The minimum absolute atomic E-state index is 0.134. The number of hydrogen-bond acceptors (Lipinski definition) is 3. The van der Waals surface area contributed by atoms with Crippen LogP contribution < -0.4 is 10.2 Å². The van der Waals surface area contributed by atoms with E-state index in [2.05, 4.69) is 43.1 Å². The van der Waals surface area contributed by atoms with E-state index in [9.17, 15) is 0 Å². The molecular weight excluding hydrogens is 276 g/mol. The number of rotatable bonds is 3. The highest BCUT2D eigenvalue weighted by molar-refractivity contribution is 7.99. The molecule has 0 saturated carbocycles. The van der Waals surface area contributed by atoms with Crippen molar-refractivity contribution in [3.63, 3.8) is 0 Å². The number of nitrogens with one attached hydrogen (secondary N) is 1. The second-order valence-electron chi connectivity index (χ2n) is 5.98. The van der Waals surface area contributed by atoms with Crippen LogP contribution in [0.1, 0.15) is 26.3 Å². The first-order valence-electron chi connectivity index (χ1n) is 6.82. The molecule has 1 heterocycles. The zero-order valence-corrected chi connectivity index (χ0v) is 13.6. The molecule has 0 aromatic heterocycles. The lowest BCUT2D eigenvalue weighted by Crippen LogP contribution is -2.37. The third kappa shape index (κ3) is 4.59. The predicted molar refractivity (Wildman–Crippen MR) is 87.6 cm³/mol. The first-order valence-corrected chi connectivity index (χ1v) is 8.35. The van der Waals surface area contributed by atoms with Crippen molar-refractivity contribution < 1.29 is 0 Å². The average molecular weight is 299 g/mol. The van der Waals surface area contributed by atoms with Gasteiger partial charge in [-0.15, -0.1) is 0 Å². The zero-order chi connectivity index (χ0) is 13.9. The second kappa shape index (κ2) is 6.38. The van der Waals surface area contributed by atoms with Crippen LogP contribution >= 0.6 is 23.4 Å². The molecule has 106 valence electrons. The van der Waals surface area contributed by atoms with Crippen LogP contribution in [0.5, 0.6) is 0 Å². The number of halogens is 1. The Hall–Kier alpha value is -0.380. The maximum atomic E-state index is 6.17. The lowest BCUT2D eigenvalue weighted by molar-refractivity contribution is 0.424. The molecule has 1 N–H and O–H groups in total. The van der Waals surface area contributed by atoms with Gasteiger partial charge in [0.05, 0.1) is 0 Å². The monoisotopic (exact) mass is 298 g/mol. The van der Waals surface area contributed by atoms with Crippen molar-refractivity contribution in [1.82, 2.24) is 5.32 Å². The molecule has 0 bridgehead atoms. The molecule has 1 aliphatic rings. The van der Waals surface area contributed by atoms with Gasteiger partial charge >= 0.3 is 0 Å². The minimum atomic E-state index is 0.134. The van der Waals surface area contributed by atoms with Gasteiger partial charge in [0.15, 0.2) is 0 Å². The van der Waals surface area contributed by atoms with Crippen molar-refractivity contribution in [2.24, 2.45) is 0 Å². The Bertz CT molecular complexity index is 423. The zero-order valence-electron chi connectivity index (χ0n) is 12.0. The van der Waals surface area contributed by atoms with E-state index in [1.165, 1.54) is 22.8 Å². The Balaban J connectivity index is 2.17. The highest BCUT2D eigenvalue weighted by Crippen LogP contribution is 2.27. The predicted octanol–water partition coefficient (Wildman–Crippen LogP) is 3.78. The van der Waals surface area contributed by atoms with E-state index in [0.717, 1.165) is 24.7 Å². The van der Waals surface area contributed by atoms with Gasteiger partial charge in [0.25, 0.3) is 0 Å². The molecule has 4 heteroatoms. The van der Waals surface area contributed by atoms with Crippen LogP contribution in [0.2, 0.25) is 5.02 Å². The maximum absolute atomic E-state index is 6.17. The fraction of sp³-hybridized carbons (Fsp3) is 0.600. The Morgan fingerprint density at radius 2 is 1.95 bits per heavy atom. The van der Waals surface area contributed by atoms with Crippen LogP contribution in [0.15, 0.2) is 18.2 Å². The first kappa shape index (κ1) is 15.0. The molecule has 19 heavy (non-hydrogen) atoms. The van der Waals surface area contributed by atoms with Crippen LogP contribution in [0.25, 0.3) is 0 Å². The Morgan fingerprint density at radius 3 is 2.58 bits per heavy atom. The lowest BCUT2D eigenvalue weighted by Gasteiger charge is -2.31. The van der Waals surface area contributed by atoms with Crippen molar-refractivity contribution >= 4 is 29.1 Å². The number of anilines is 1. The van der Waals surface area contributed by atoms with E-state index < -0.39 is 0 Å². The molecule has 2 nitrogen and oxygen atoms in total. The summed E-state index contributed by atoms with van der Waals surface area (Å²) in [5.41, 5.74) is 2.77. The number of nitrogens with zero attached hydrogens (tertiary/aromatic N) is 1. The number of thioether (sulfide) groups is 1. The van der Waals surface area contributed by atoms with Crippen LogP contribution in [-0.2, 0) is 6.54 Å². The first-order chi connectivity index (χ1) is 8.96. The number of hydrogen-bond donors (Lipinski definition) is 1. The normalized spacial score (nSPS) is 16.7. The lowest BCUT2D eigenvalue weighted by atomic mass is 10.1. The third-order valence-corrected chi connectivity index (χ3v) is 4.39. The van der Waals surface area contributed by atoms with Crippen molar-refractivity contribution in [2.45, 2.75) is 32.9 Å². The largest absolute Gasteiger partial charge is 0.370 e. The standard InChI is InChI=1S/C15H23ClN2S/c1-15(2,3)17-11-12-4-5-13(16)10-14(12)18-6-8-19-9-7-18/h4-5,10,17H,6-9,11H2,1-3H3. The van der Waals surface area contributed by atoms with Gasteiger partial charge in [-0.1, -0.05) is 17.7 Å².